The van der Waals surface area contributed by atoms with Crippen molar-refractivity contribution in [2.45, 2.75) is 12.5 Å². The van der Waals surface area contributed by atoms with Crippen molar-refractivity contribution in [3.8, 4) is 5.75 Å². The Bertz CT molecular complexity index is 797. The summed E-state index contributed by atoms with van der Waals surface area (Å²) in [6.07, 6.45) is 2.87. The van der Waals surface area contributed by atoms with E-state index in [-0.39, 0.29) is 10.1 Å². The average Bonchev–Trinajstić information content (AvgIpc) is 2.58. The van der Waals surface area contributed by atoms with Crippen LogP contribution in [-0.2, 0) is 14.3 Å². The van der Waals surface area contributed by atoms with Gasteiger partial charge in [-0.3, -0.25) is 9.59 Å². The maximum atomic E-state index is 12.2. The second-order valence-electron chi connectivity index (χ2n) is 5.34. The van der Waals surface area contributed by atoms with E-state index in [2.05, 4.69) is 15.9 Å². The highest BCUT2D eigenvalue weighted by molar-refractivity contribution is 9.12. The van der Waals surface area contributed by atoms with E-state index in [0.717, 1.165) is 5.56 Å². The second kappa shape index (κ2) is 5.47. The molecule has 1 aromatic rings. The number of methoxy groups -OCH3 is 1. The van der Waals surface area contributed by atoms with Gasteiger partial charge in [-0.2, -0.15) is 0 Å². The van der Waals surface area contributed by atoms with Crippen molar-refractivity contribution in [3.63, 3.8) is 0 Å². The first-order valence-corrected chi connectivity index (χ1v) is 7.60. The molecule has 3 rings (SSSR count). The summed E-state index contributed by atoms with van der Waals surface area (Å²) in [5.74, 6) is -0.140. The van der Waals surface area contributed by atoms with Crippen LogP contribution in [0.4, 0.5) is 0 Å². The number of hydrogen-bond acceptors (Lipinski definition) is 5. The fourth-order valence-electron chi connectivity index (χ4n) is 2.39. The summed E-state index contributed by atoms with van der Waals surface area (Å²) in [5.41, 5.74) is -0.739. The van der Waals surface area contributed by atoms with Gasteiger partial charge in [0.25, 0.3) is 0 Å². The van der Waals surface area contributed by atoms with E-state index in [9.17, 15) is 14.7 Å². The zero-order valence-corrected chi connectivity index (χ0v) is 14.0. The molecule has 1 atom stereocenters. The molecule has 1 N–H and O–H groups in total. The minimum absolute atomic E-state index is 0.155. The predicted molar refractivity (Wildman–Crippen MR) is 86.7 cm³/mol. The molecule has 0 spiro atoms. The van der Waals surface area contributed by atoms with E-state index in [1.54, 1.807) is 37.5 Å². The van der Waals surface area contributed by atoms with E-state index in [1.165, 1.54) is 13.2 Å². The number of halogens is 1. The molecule has 0 amide bonds. The smallest absolute Gasteiger partial charge is 0.209 e. The van der Waals surface area contributed by atoms with Crippen LogP contribution in [-0.4, -0.2) is 29.4 Å². The summed E-state index contributed by atoms with van der Waals surface area (Å²) < 4.78 is 10.8. The van der Waals surface area contributed by atoms with Crippen LogP contribution in [0.2, 0.25) is 0 Å². The van der Waals surface area contributed by atoms with Crippen LogP contribution in [0.15, 0.2) is 52.2 Å². The molecule has 6 heteroatoms. The third-order valence-corrected chi connectivity index (χ3v) is 4.60. The van der Waals surface area contributed by atoms with Crippen LogP contribution in [0.1, 0.15) is 12.5 Å². The Hall–Kier alpha value is -2.18. The van der Waals surface area contributed by atoms with Crippen molar-refractivity contribution >= 4 is 33.3 Å². The summed E-state index contributed by atoms with van der Waals surface area (Å²) in [5, 5.41) is 10.1. The number of ether oxygens (including phenoxy) is 2. The minimum Gasteiger partial charge on any atom is -0.497 e. The van der Waals surface area contributed by atoms with Crippen LogP contribution >= 0.6 is 15.9 Å². The number of Topliss-reactive ketones (excluding diaryl/α,β-unsaturated/α-hetero) is 2. The Morgan fingerprint density at radius 2 is 1.83 bits per heavy atom. The number of benzene rings is 1. The molecule has 23 heavy (non-hydrogen) atoms. The van der Waals surface area contributed by atoms with Crippen molar-refractivity contribution in [1.82, 2.24) is 0 Å². The van der Waals surface area contributed by atoms with Gasteiger partial charge in [0.1, 0.15) is 17.8 Å². The maximum Gasteiger partial charge on any atom is 0.209 e. The molecule has 0 bridgehead atoms. The molecular formula is C17H13BrO5. The molecular weight excluding hydrogens is 364 g/mol. The highest BCUT2D eigenvalue weighted by Gasteiger charge is 2.47. The lowest BCUT2D eigenvalue weighted by Crippen LogP contribution is -2.48. The van der Waals surface area contributed by atoms with Gasteiger partial charge >= 0.3 is 0 Å². The van der Waals surface area contributed by atoms with Crippen LogP contribution < -0.4 is 4.74 Å². The highest BCUT2D eigenvalue weighted by atomic mass is 79.9. The van der Waals surface area contributed by atoms with Gasteiger partial charge in [0.05, 0.1) is 17.2 Å². The summed E-state index contributed by atoms with van der Waals surface area (Å²) in [7, 11) is 1.58. The molecule has 5 nitrogen and oxygen atoms in total. The zero-order valence-electron chi connectivity index (χ0n) is 12.4. The fraction of sp³-hybridized carbons (Fsp3) is 0.176. The SMILES string of the molecule is COc1ccc(C2=CC3=C(Br)C(=O)C(C)(O)C(=O)C3=CO2)cc1. The third kappa shape index (κ3) is 2.44. The molecule has 1 aliphatic heterocycles. The van der Waals surface area contributed by atoms with Crippen molar-refractivity contribution in [3.05, 3.63) is 57.8 Å². The number of allylic oxidation sites excluding steroid dienone is 2. The molecule has 0 aromatic heterocycles. The van der Waals surface area contributed by atoms with Crippen LogP contribution in [0.5, 0.6) is 5.75 Å². The number of rotatable bonds is 2. The quantitative estimate of drug-likeness (QED) is 0.802. The van der Waals surface area contributed by atoms with Gasteiger partial charge in [0, 0.05) is 11.1 Å². The van der Waals surface area contributed by atoms with Gasteiger partial charge in [-0.05, 0) is 53.2 Å². The molecule has 0 fully saturated rings. The van der Waals surface area contributed by atoms with Crippen molar-refractivity contribution in [2.24, 2.45) is 0 Å². The van der Waals surface area contributed by atoms with Gasteiger partial charge < -0.3 is 14.6 Å². The molecule has 118 valence electrons. The Labute approximate surface area is 141 Å². The first-order valence-electron chi connectivity index (χ1n) is 6.81. The normalized spacial score (nSPS) is 23.8. The van der Waals surface area contributed by atoms with Gasteiger partial charge in [-0.1, -0.05) is 0 Å². The van der Waals surface area contributed by atoms with Crippen LogP contribution in [0, 0.1) is 0 Å². The second-order valence-corrected chi connectivity index (χ2v) is 6.14. The molecule has 1 heterocycles. The van der Waals surface area contributed by atoms with E-state index in [1.807, 2.05) is 0 Å². The first-order chi connectivity index (χ1) is 10.9. The lowest BCUT2D eigenvalue weighted by molar-refractivity contribution is -0.144. The Balaban J connectivity index is 2.06. The standard InChI is InChI=1S/C17H13BrO5/c1-17(21)15(19)12-8-23-13(7-11(12)14(18)16(17)20)9-3-5-10(22-2)6-4-9/h3-8,21H,1-2H3. The number of hydrogen-bond donors (Lipinski definition) is 1. The number of carbonyl (C=O) groups is 2. The lowest BCUT2D eigenvalue weighted by atomic mass is 9.80. The van der Waals surface area contributed by atoms with E-state index in [4.69, 9.17) is 9.47 Å². The van der Waals surface area contributed by atoms with Gasteiger partial charge in [-0.15, -0.1) is 0 Å². The summed E-state index contributed by atoms with van der Waals surface area (Å²) >= 11 is 3.18. The summed E-state index contributed by atoms with van der Waals surface area (Å²) in [4.78, 5) is 24.4. The van der Waals surface area contributed by atoms with Crippen molar-refractivity contribution < 1.29 is 24.2 Å². The minimum atomic E-state index is -2.08. The van der Waals surface area contributed by atoms with E-state index in [0.29, 0.717) is 17.1 Å². The predicted octanol–water partition coefficient (Wildman–Crippen LogP) is 2.50. The van der Waals surface area contributed by atoms with E-state index >= 15 is 0 Å². The van der Waals surface area contributed by atoms with Gasteiger partial charge in [-0.25, -0.2) is 0 Å². The zero-order chi connectivity index (χ0) is 16.8. The number of aliphatic hydroxyl groups is 1. The van der Waals surface area contributed by atoms with Gasteiger partial charge in [0.15, 0.2) is 5.60 Å². The third-order valence-electron chi connectivity index (χ3n) is 3.81. The largest absolute Gasteiger partial charge is 0.497 e. The monoisotopic (exact) mass is 376 g/mol. The Morgan fingerprint density at radius 3 is 2.43 bits per heavy atom. The van der Waals surface area contributed by atoms with Crippen LogP contribution in [0.25, 0.3) is 5.76 Å². The fourth-order valence-corrected chi connectivity index (χ4v) is 3.11. The maximum absolute atomic E-state index is 12.2. The van der Waals surface area contributed by atoms with Crippen molar-refractivity contribution in [2.75, 3.05) is 7.11 Å². The van der Waals surface area contributed by atoms with Crippen LogP contribution in [0.3, 0.4) is 0 Å². The molecule has 2 aliphatic rings. The highest BCUT2D eigenvalue weighted by Crippen LogP contribution is 2.39. The Morgan fingerprint density at radius 1 is 1.17 bits per heavy atom. The molecule has 0 saturated carbocycles. The summed E-state index contributed by atoms with van der Waals surface area (Å²) in [6.45, 7) is 1.18. The number of carbonyl (C=O) groups excluding carboxylic acids is 2. The topological polar surface area (TPSA) is 72.8 Å². The molecule has 1 unspecified atom stereocenters. The summed E-state index contributed by atoms with van der Waals surface area (Å²) in [6, 6.07) is 7.18. The lowest BCUT2D eigenvalue weighted by Gasteiger charge is -2.29. The first kappa shape index (κ1) is 15.7. The molecule has 1 aliphatic carbocycles. The molecule has 0 saturated heterocycles. The Kier molecular flexibility index (Phi) is 3.74. The van der Waals surface area contributed by atoms with Crippen molar-refractivity contribution in [1.29, 1.82) is 0 Å². The molecule has 0 radical (unpaired) electrons. The van der Waals surface area contributed by atoms with E-state index < -0.39 is 17.2 Å². The average molecular weight is 377 g/mol. The van der Waals surface area contributed by atoms with Gasteiger partial charge in [0.2, 0.25) is 11.6 Å². The number of ketones is 2. The number of fused-ring (bicyclic) bond motifs is 1. The molecule has 1 aromatic carbocycles.